The number of ether oxygens (including phenoxy) is 1. The molecule has 3 aromatic rings. The first-order chi connectivity index (χ1) is 9.86. The monoisotopic (exact) mass is 268 g/mol. The number of rotatable bonds is 5. The molecule has 0 unspecified atom stereocenters. The van der Waals surface area contributed by atoms with Gasteiger partial charge in [-0.15, -0.1) is 0 Å². The van der Waals surface area contributed by atoms with Gasteiger partial charge in [-0.25, -0.2) is 0 Å². The zero-order valence-corrected chi connectivity index (χ0v) is 11.3. The number of aromatic nitrogens is 3. The van der Waals surface area contributed by atoms with Gasteiger partial charge in [0.2, 0.25) is 0 Å². The molecular formula is C15H16N4O. The molecule has 0 saturated heterocycles. The molecule has 1 aromatic carbocycles. The van der Waals surface area contributed by atoms with Crippen molar-refractivity contribution in [2.45, 2.75) is 6.54 Å². The standard InChI is InChI=1S/C15H16N4O/c1-20-9-8-19-11-12(10-17-19)18-15-6-7-16-14-5-3-2-4-13(14)15/h2-7,10-11H,8-9H2,1H3,(H,16,18). The maximum atomic E-state index is 5.04. The summed E-state index contributed by atoms with van der Waals surface area (Å²) in [6, 6.07) is 10.0. The molecule has 0 radical (unpaired) electrons. The Kier molecular flexibility index (Phi) is 3.60. The third-order valence-corrected chi connectivity index (χ3v) is 3.09. The Morgan fingerprint density at radius 2 is 2.15 bits per heavy atom. The Bertz CT molecular complexity index is 702. The van der Waals surface area contributed by atoms with E-state index in [9.17, 15) is 0 Å². The molecule has 2 heterocycles. The lowest BCUT2D eigenvalue weighted by Crippen LogP contribution is -2.03. The van der Waals surface area contributed by atoms with E-state index in [1.54, 1.807) is 13.3 Å². The van der Waals surface area contributed by atoms with E-state index in [4.69, 9.17) is 4.74 Å². The number of fused-ring (bicyclic) bond motifs is 1. The van der Waals surface area contributed by atoms with E-state index in [-0.39, 0.29) is 0 Å². The van der Waals surface area contributed by atoms with Crippen molar-refractivity contribution in [3.63, 3.8) is 0 Å². The van der Waals surface area contributed by atoms with Gasteiger partial charge in [0, 0.05) is 30.6 Å². The molecule has 5 nitrogen and oxygen atoms in total. The Hall–Kier alpha value is -2.40. The fourth-order valence-corrected chi connectivity index (χ4v) is 2.10. The van der Waals surface area contributed by atoms with E-state index in [2.05, 4.69) is 21.5 Å². The van der Waals surface area contributed by atoms with Gasteiger partial charge in [-0.2, -0.15) is 5.10 Å². The van der Waals surface area contributed by atoms with E-state index < -0.39 is 0 Å². The van der Waals surface area contributed by atoms with Gasteiger partial charge in [-0.3, -0.25) is 9.67 Å². The zero-order valence-electron chi connectivity index (χ0n) is 11.3. The molecule has 3 rings (SSSR count). The van der Waals surface area contributed by atoms with Crippen LogP contribution in [0.4, 0.5) is 11.4 Å². The molecule has 0 saturated carbocycles. The fraction of sp³-hybridized carbons (Fsp3) is 0.200. The van der Waals surface area contributed by atoms with Crippen LogP contribution in [0.15, 0.2) is 48.9 Å². The van der Waals surface area contributed by atoms with Crippen LogP contribution in [0.1, 0.15) is 0 Å². The molecule has 0 aliphatic heterocycles. The average molecular weight is 268 g/mol. The number of anilines is 2. The van der Waals surface area contributed by atoms with Crippen molar-refractivity contribution in [1.82, 2.24) is 14.8 Å². The second kappa shape index (κ2) is 5.71. The summed E-state index contributed by atoms with van der Waals surface area (Å²) in [5, 5.41) is 8.76. The summed E-state index contributed by atoms with van der Waals surface area (Å²) in [5.74, 6) is 0. The summed E-state index contributed by atoms with van der Waals surface area (Å²) in [6.07, 6.45) is 5.58. The van der Waals surface area contributed by atoms with Crippen LogP contribution < -0.4 is 5.32 Å². The first kappa shape index (κ1) is 12.6. The molecule has 2 aromatic heterocycles. The van der Waals surface area contributed by atoms with Gasteiger partial charge in [0.25, 0.3) is 0 Å². The van der Waals surface area contributed by atoms with Crippen LogP contribution in [-0.2, 0) is 11.3 Å². The number of benzene rings is 1. The van der Waals surface area contributed by atoms with Crippen LogP contribution in [-0.4, -0.2) is 28.5 Å². The lowest BCUT2D eigenvalue weighted by atomic mass is 10.2. The maximum Gasteiger partial charge on any atom is 0.0770 e. The van der Waals surface area contributed by atoms with Crippen molar-refractivity contribution in [1.29, 1.82) is 0 Å². The fourth-order valence-electron chi connectivity index (χ4n) is 2.10. The third-order valence-electron chi connectivity index (χ3n) is 3.09. The summed E-state index contributed by atoms with van der Waals surface area (Å²) in [6.45, 7) is 1.40. The summed E-state index contributed by atoms with van der Waals surface area (Å²) in [7, 11) is 1.69. The van der Waals surface area contributed by atoms with Crippen LogP contribution in [0.3, 0.4) is 0 Å². The van der Waals surface area contributed by atoms with Gasteiger partial charge < -0.3 is 10.1 Å². The first-order valence-corrected chi connectivity index (χ1v) is 6.49. The SMILES string of the molecule is COCCn1cc(Nc2ccnc3ccccc23)cn1. The van der Waals surface area contributed by atoms with Crippen LogP contribution in [0.5, 0.6) is 0 Å². The van der Waals surface area contributed by atoms with Gasteiger partial charge in [0.15, 0.2) is 0 Å². The predicted octanol–water partition coefficient (Wildman–Crippen LogP) is 2.82. The minimum absolute atomic E-state index is 0.652. The molecule has 0 aliphatic rings. The maximum absolute atomic E-state index is 5.04. The molecule has 102 valence electrons. The van der Waals surface area contributed by atoms with Crippen molar-refractivity contribution in [3.05, 3.63) is 48.9 Å². The molecule has 0 aliphatic carbocycles. The van der Waals surface area contributed by atoms with E-state index in [0.717, 1.165) is 28.8 Å². The average Bonchev–Trinajstić information content (AvgIpc) is 2.93. The van der Waals surface area contributed by atoms with E-state index in [0.29, 0.717) is 6.61 Å². The van der Waals surface area contributed by atoms with E-state index in [1.165, 1.54) is 0 Å². The van der Waals surface area contributed by atoms with Gasteiger partial charge >= 0.3 is 0 Å². The van der Waals surface area contributed by atoms with Crippen molar-refractivity contribution in [3.8, 4) is 0 Å². The van der Waals surface area contributed by atoms with E-state index in [1.807, 2.05) is 41.3 Å². The quantitative estimate of drug-likeness (QED) is 0.773. The lowest BCUT2D eigenvalue weighted by Gasteiger charge is -2.07. The lowest BCUT2D eigenvalue weighted by molar-refractivity contribution is 0.183. The third kappa shape index (κ3) is 2.62. The van der Waals surface area contributed by atoms with Gasteiger partial charge in [-0.1, -0.05) is 18.2 Å². The van der Waals surface area contributed by atoms with Gasteiger partial charge in [-0.05, 0) is 12.1 Å². The molecule has 20 heavy (non-hydrogen) atoms. The molecule has 0 amide bonds. The number of hydrogen-bond acceptors (Lipinski definition) is 4. The number of nitrogens with one attached hydrogen (secondary N) is 1. The van der Waals surface area contributed by atoms with Crippen molar-refractivity contribution in [2.75, 3.05) is 19.0 Å². The van der Waals surface area contributed by atoms with Crippen LogP contribution in [0.25, 0.3) is 10.9 Å². The highest BCUT2D eigenvalue weighted by Crippen LogP contribution is 2.24. The van der Waals surface area contributed by atoms with Crippen molar-refractivity contribution < 1.29 is 4.74 Å². The Morgan fingerprint density at radius 3 is 3.05 bits per heavy atom. The first-order valence-electron chi connectivity index (χ1n) is 6.49. The molecule has 5 heteroatoms. The summed E-state index contributed by atoms with van der Waals surface area (Å²) in [4.78, 5) is 4.35. The number of pyridine rings is 1. The largest absolute Gasteiger partial charge is 0.383 e. The summed E-state index contributed by atoms with van der Waals surface area (Å²) < 4.78 is 6.90. The number of para-hydroxylation sites is 1. The molecule has 0 atom stereocenters. The smallest absolute Gasteiger partial charge is 0.0770 e. The second-order valence-corrected chi connectivity index (χ2v) is 4.49. The van der Waals surface area contributed by atoms with Crippen molar-refractivity contribution >= 4 is 22.3 Å². The minimum Gasteiger partial charge on any atom is -0.383 e. The van der Waals surface area contributed by atoms with Crippen molar-refractivity contribution in [2.24, 2.45) is 0 Å². The molecule has 0 fully saturated rings. The van der Waals surface area contributed by atoms with Crippen LogP contribution >= 0.6 is 0 Å². The Balaban J connectivity index is 1.84. The molecule has 1 N–H and O–H groups in total. The predicted molar refractivity (Wildman–Crippen MR) is 79.1 cm³/mol. The molecule has 0 bridgehead atoms. The number of hydrogen-bond donors (Lipinski definition) is 1. The second-order valence-electron chi connectivity index (χ2n) is 4.49. The van der Waals surface area contributed by atoms with Crippen LogP contribution in [0, 0.1) is 0 Å². The van der Waals surface area contributed by atoms with Gasteiger partial charge in [0.1, 0.15) is 0 Å². The molecular weight excluding hydrogens is 252 g/mol. The highest BCUT2D eigenvalue weighted by molar-refractivity contribution is 5.92. The van der Waals surface area contributed by atoms with Gasteiger partial charge in [0.05, 0.1) is 30.6 Å². The Labute approximate surface area is 117 Å². The normalized spacial score (nSPS) is 10.8. The van der Waals surface area contributed by atoms with E-state index >= 15 is 0 Å². The highest BCUT2D eigenvalue weighted by atomic mass is 16.5. The molecule has 0 spiro atoms. The number of nitrogens with zero attached hydrogens (tertiary/aromatic N) is 3. The van der Waals surface area contributed by atoms with Crippen LogP contribution in [0.2, 0.25) is 0 Å². The summed E-state index contributed by atoms with van der Waals surface area (Å²) in [5.41, 5.74) is 2.96. The topological polar surface area (TPSA) is 52.0 Å². The Morgan fingerprint density at radius 1 is 1.25 bits per heavy atom. The summed E-state index contributed by atoms with van der Waals surface area (Å²) >= 11 is 0. The zero-order chi connectivity index (χ0) is 13.8. The highest BCUT2D eigenvalue weighted by Gasteiger charge is 2.03. The number of methoxy groups -OCH3 is 1. The minimum atomic E-state index is 0.652.